The van der Waals surface area contributed by atoms with Crippen molar-refractivity contribution in [3.8, 4) is 0 Å². The zero-order valence-electron chi connectivity index (χ0n) is 13.8. The highest BCUT2D eigenvalue weighted by atomic mass is 35.6. The van der Waals surface area contributed by atoms with Crippen LogP contribution in [0.15, 0.2) is 72.8 Å². The molecule has 0 fully saturated rings. The lowest BCUT2D eigenvalue weighted by molar-refractivity contribution is 1.32. The van der Waals surface area contributed by atoms with E-state index in [0.717, 1.165) is 0 Å². The predicted molar refractivity (Wildman–Crippen MR) is 104 cm³/mol. The van der Waals surface area contributed by atoms with Gasteiger partial charge in [-0.2, -0.15) is 0 Å². The fraction of sp³-hybridized carbons (Fsp3) is 0.143. The molecule has 0 spiro atoms. The van der Waals surface area contributed by atoms with E-state index >= 15 is 0 Å². The van der Waals surface area contributed by atoms with Crippen molar-refractivity contribution in [2.24, 2.45) is 0 Å². The van der Waals surface area contributed by atoms with Gasteiger partial charge in [-0.3, -0.25) is 0 Å². The van der Waals surface area contributed by atoms with Crippen molar-refractivity contribution in [3.05, 3.63) is 89.5 Å². The Hall–Kier alpha value is -1.83. The first kappa shape index (κ1) is 16.0. The van der Waals surface area contributed by atoms with Crippen molar-refractivity contribution in [3.63, 3.8) is 0 Å². The molecule has 0 N–H and O–H groups in total. The van der Waals surface area contributed by atoms with E-state index in [1.165, 1.54) is 32.3 Å². The van der Waals surface area contributed by atoms with Gasteiger partial charge < -0.3 is 0 Å². The van der Waals surface area contributed by atoms with Crippen LogP contribution < -0.4 is 15.6 Å². The molecule has 0 aliphatic carbocycles. The van der Waals surface area contributed by atoms with E-state index in [0.29, 0.717) is 0 Å². The summed E-state index contributed by atoms with van der Waals surface area (Å²) in [6, 6.07) is 25.6. The van der Waals surface area contributed by atoms with Crippen LogP contribution in [0.1, 0.15) is 16.7 Å². The molecule has 0 amide bonds. The molecule has 116 valence electrons. The van der Waals surface area contributed by atoms with Crippen LogP contribution in [-0.4, -0.2) is 7.38 Å². The van der Waals surface area contributed by atoms with Gasteiger partial charge in [0.15, 0.2) is 0 Å². The second-order valence-corrected chi connectivity index (χ2v) is 10.9. The zero-order valence-corrected chi connectivity index (χ0v) is 15.6. The van der Waals surface area contributed by atoms with E-state index < -0.39 is 7.38 Å². The summed E-state index contributed by atoms with van der Waals surface area (Å²) >= 11 is 7.50. The third-order valence-electron chi connectivity index (χ3n) is 4.53. The molecule has 0 bridgehead atoms. The summed E-state index contributed by atoms with van der Waals surface area (Å²) in [7, 11) is -2.51. The molecule has 3 aromatic carbocycles. The Bertz CT molecular complexity index is 771. The fourth-order valence-corrected chi connectivity index (χ4v) is 7.96. The number of rotatable bonds is 3. The third-order valence-corrected chi connectivity index (χ3v) is 9.97. The minimum Gasteiger partial charge on any atom is -0.149 e. The number of aryl methyl sites for hydroxylation is 2. The van der Waals surface area contributed by atoms with Gasteiger partial charge in [0.25, 0.3) is 0 Å². The highest BCUT2D eigenvalue weighted by Crippen LogP contribution is 2.17. The van der Waals surface area contributed by atoms with Gasteiger partial charge in [0.05, 0.1) is 0 Å². The Kier molecular flexibility index (Phi) is 4.43. The van der Waals surface area contributed by atoms with Crippen LogP contribution in [-0.2, 0) is 0 Å². The summed E-state index contributed by atoms with van der Waals surface area (Å²) in [4.78, 5) is 0. The Morgan fingerprint density at radius 1 is 0.696 bits per heavy atom. The quantitative estimate of drug-likeness (QED) is 0.387. The maximum absolute atomic E-state index is 7.50. The molecule has 0 heterocycles. The van der Waals surface area contributed by atoms with E-state index in [1.54, 1.807) is 0 Å². The minimum atomic E-state index is -2.51. The maximum atomic E-state index is 7.50. The lowest BCUT2D eigenvalue weighted by Crippen LogP contribution is -2.63. The van der Waals surface area contributed by atoms with Crippen LogP contribution in [0.3, 0.4) is 0 Å². The van der Waals surface area contributed by atoms with Gasteiger partial charge in [-0.15, -0.1) is 11.1 Å². The summed E-state index contributed by atoms with van der Waals surface area (Å²) in [5.74, 6) is 0. The molecule has 0 saturated heterocycles. The molecule has 2 heteroatoms. The van der Waals surface area contributed by atoms with E-state index in [-0.39, 0.29) is 0 Å². The van der Waals surface area contributed by atoms with Gasteiger partial charge in [-0.25, -0.2) is 0 Å². The highest BCUT2D eigenvalue weighted by molar-refractivity contribution is 7.40. The van der Waals surface area contributed by atoms with E-state index in [9.17, 15) is 0 Å². The lowest BCUT2D eigenvalue weighted by atomic mass is 10.1. The minimum absolute atomic E-state index is 1.24. The number of halogens is 1. The van der Waals surface area contributed by atoms with Crippen LogP contribution in [0.5, 0.6) is 0 Å². The highest BCUT2D eigenvalue weighted by Gasteiger charge is 2.39. The number of hydrogen-bond acceptors (Lipinski definition) is 0. The number of benzene rings is 3. The van der Waals surface area contributed by atoms with Crippen LogP contribution in [0.4, 0.5) is 0 Å². The topological polar surface area (TPSA) is 0 Å². The van der Waals surface area contributed by atoms with Crippen molar-refractivity contribution >= 4 is 34.0 Å². The van der Waals surface area contributed by atoms with Gasteiger partial charge in [0.2, 0.25) is 7.38 Å². The molecular formula is C21H21ClSi. The van der Waals surface area contributed by atoms with Crippen molar-refractivity contribution in [1.29, 1.82) is 0 Å². The largest absolute Gasteiger partial charge is 0.248 e. The average molecular weight is 337 g/mol. The van der Waals surface area contributed by atoms with Crippen LogP contribution in [0, 0.1) is 20.8 Å². The smallest absolute Gasteiger partial charge is 0.149 e. The van der Waals surface area contributed by atoms with Crippen LogP contribution >= 0.6 is 11.1 Å². The molecule has 0 nitrogen and oxygen atoms in total. The van der Waals surface area contributed by atoms with Gasteiger partial charge in [0, 0.05) is 0 Å². The average Bonchev–Trinajstić information content (AvgIpc) is 2.59. The second-order valence-electron chi connectivity index (χ2n) is 6.14. The van der Waals surface area contributed by atoms with Crippen LogP contribution in [0.25, 0.3) is 0 Å². The Morgan fingerprint density at radius 3 is 1.65 bits per heavy atom. The lowest BCUT2D eigenvalue weighted by Gasteiger charge is -2.29. The molecule has 23 heavy (non-hydrogen) atoms. The molecule has 3 rings (SSSR count). The molecule has 3 aromatic rings. The summed E-state index contributed by atoms with van der Waals surface area (Å²) in [6.45, 7) is 6.52. The molecule has 0 unspecified atom stereocenters. The SMILES string of the molecule is Cc1cc(C)c(C)c([Si](Cl)(c2ccccc2)c2ccccc2)c1. The molecular weight excluding hydrogens is 316 g/mol. The van der Waals surface area contributed by atoms with Crippen molar-refractivity contribution < 1.29 is 0 Å². The summed E-state index contributed by atoms with van der Waals surface area (Å²) < 4.78 is 0. The molecule has 0 radical (unpaired) electrons. The molecule has 0 aliphatic rings. The first-order valence-corrected chi connectivity index (χ1v) is 10.9. The maximum Gasteiger partial charge on any atom is 0.248 e. The second kappa shape index (κ2) is 6.35. The first-order chi connectivity index (χ1) is 11.0. The van der Waals surface area contributed by atoms with Gasteiger partial charge in [-0.1, -0.05) is 78.4 Å². The first-order valence-electron chi connectivity index (χ1n) is 7.92. The Labute approximate surface area is 144 Å². The summed E-state index contributed by atoms with van der Waals surface area (Å²) in [5, 5.41) is 3.77. The Morgan fingerprint density at radius 2 is 1.17 bits per heavy atom. The zero-order chi connectivity index (χ0) is 16.4. The fourth-order valence-electron chi connectivity index (χ4n) is 3.21. The van der Waals surface area contributed by atoms with E-state index in [4.69, 9.17) is 11.1 Å². The van der Waals surface area contributed by atoms with E-state index in [1.807, 2.05) is 0 Å². The van der Waals surface area contributed by atoms with Crippen LogP contribution in [0.2, 0.25) is 0 Å². The van der Waals surface area contributed by atoms with Gasteiger partial charge in [0.1, 0.15) is 0 Å². The molecule has 0 aromatic heterocycles. The normalized spacial score (nSPS) is 11.5. The summed E-state index contributed by atoms with van der Waals surface area (Å²) in [5.41, 5.74) is 3.89. The van der Waals surface area contributed by atoms with Gasteiger partial charge in [-0.05, 0) is 47.5 Å². The monoisotopic (exact) mass is 336 g/mol. The molecule has 0 aliphatic heterocycles. The molecule has 0 saturated carbocycles. The van der Waals surface area contributed by atoms with Crippen molar-refractivity contribution in [2.75, 3.05) is 0 Å². The summed E-state index contributed by atoms with van der Waals surface area (Å²) in [6.07, 6.45) is 0. The standard InChI is InChI=1S/C21H21ClSi/c1-16-14-17(2)18(3)21(15-16)23(22,19-10-6-4-7-11-19)20-12-8-5-9-13-20/h4-15H,1-3H3. The molecule has 0 atom stereocenters. The van der Waals surface area contributed by atoms with Crippen molar-refractivity contribution in [1.82, 2.24) is 0 Å². The van der Waals surface area contributed by atoms with E-state index in [2.05, 4.69) is 93.6 Å². The van der Waals surface area contributed by atoms with Gasteiger partial charge >= 0.3 is 0 Å². The predicted octanol–water partition coefficient (Wildman–Crippen LogP) is 3.82. The third kappa shape index (κ3) is 2.87. The number of hydrogen-bond donors (Lipinski definition) is 0. The Balaban J connectivity index is 2.34. The van der Waals surface area contributed by atoms with Crippen molar-refractivity contribution in [2.45, 2.75) is 20.8 Å².